The molecule has 0 unspecified atom stereocenters. The standard InChI is InChI=1S/C15H17NO2.C3H8/c1-18-15-9-6-12(7-10-15)5-8-13-3-2-4-14(13)11-16-17;1-3-2/h5-11,17H,2-4H2,1H3;3H2,1-2H3/b8-5+,16-11+;. The van der Waals surface area contributed by atoms with E-state index in [0.29, 0.717) is 0 Å². The van der Waals surface area contributed by atoms with E-state index in [9.17, 15) is 0 Å². The quantitative estimate of drug-likeness (QED) is 0.477. The summed E-state index contributed by atoms with van der Waals surface area (Å²) < 4.78 is 5.12. The lowest BCUT2D eigenvalue weighted by Gasteiger charge is -2.00. The van der Waals surface area contributed by atoms with Gasteiger partial charge in [-0.05, 0) is 48.1 Å². The van der Waals surface area contributed by atoms with Gasteiger partial charge in [-0.2, -0.15) is 0 Å². The van der Waals surface area contributed by atoms with Gasteiger partial charge in [-0.1, -0.05) is 49.7 Å². The Balaban J connectivity index is 0.000000677. The summed E-state index contributed by atoms with van der Waals surface area (Å²) in [4.78, 5) is 0. The number of allylic oxidation sites excluding steroid dienone is 3. The van der Waals surface area contributed by atoms with Crippen molar-refractivity contribution in [2.75, 3.05) is 7.11 Å². The molecule has 1 aromatic carbocycles. The number of nitrogens with zero attached hydrogens (tertiary/aromatic N) is 1. The second kappa shape index (κ2) is 9.81. The zero-order valence-electron chi connectivity index (χ0n) is 13.2. The molecule has 1 aromatic rings. The molecule has 1 aliphatic rings. The van der Waals surface area contributed by atoms with E-state index in [1.165, 1.54) is 12.0 Å². The Morgan fingerprint density at radius 1 is 1.10 bits per heavy atom. The summed E-state index contributed by atoms with van der Waals surface area (Å²) in [5.74, 6) is 0.861. The second-order valence-corrected chi connectivity index (χ2v) is 4.96. The SMILES string of the molecule is CCC.COc1ccc(/C=C/C2=C(/C=N/O)CCC2)cc1. The number of benzene rings is 1. The molecule has 114 valence electrons. The Bertz CT molecular complexity index is 498. The summed E-state index contributed by atoms with van der Waals surface area (Å²) >= 11 is 0. The van der Waals surface area contributed by atoms with Gasteiger partial charge in [0.25, 0.3) is 0 Å². The van der Waals surface area contributed by atoms with Gasteiger partial charge in [0.15, 0.2) is 0 Å². The molecular weight excluding hydrogens is 262 g/mol. The van der Waals surface area contributed by atoms with E-state index in [2.05, 4.69) is 31.2 Å². The van der Waals surface area contributed by atoms with Gasteiger partial charge in [0.05, 0.1) is 13.3 Å². The van der Waals surface area contributed by atoms with E-state index >= 15 is 0 Å². The molecule has 0 aliphatic heterocycles. The topological polar surface area (TPSA) is 41.8 Å². The van der Waals surface area contributed by atoms with Crippen molar-refractivity contribution in [1.82, 2.24) is 0 Å². The number of methoxy groups -OCH3 is 1. The predicted octanol–water partition coefficient (Wildman–Crippen LogP) is 5.07. The first kappa shape index (κ1) is 17.0. The van der Waals surface area contributed by atoms with Crippen molar-refractivity contribution in [3.05, 3.63) is 47.1 Å². The van der Waals surface area contributed by atoms with Gasteiger partial charge in [0.2, 0.25) is 0 Å². The maximum absolute atomic E-state index is 8.58. The fourth-order valence-corrected chi connectivity index (χ4v) is 2.11. The highest BCUT2D eigenvalue weighted by Crippen LogP contribution is 2.26. The van der Waals surface area contributed by atoms with Crippen LogP contribution in [-0.4, -0.2) is 18.5 Å². The van der Waals surface area contributed by atoms with Crippen LogP contribution < -0.4 is 4.74 Å². The molecule has 0 aromatic heterocycles. The van der Waals surface area contributed by atoms with Crippen LogP contribution in [0.5, 0.6) is 5.75 Å². The largest absolute Gasteiger partial charge is 0.497 e. The third kappa shape index (κ3) is 5.86. The molecule has 0 heterocycles. The van der Waals surface area contributed by atoms with Crippen LogP contribution in [-0.2, 0) is 0 Å². The summed E-state index contributed by atoms with van der Waals surface area (Å²) in [5.41, 5.74) is 3.52. The van der Waals surface area contributed by atoms with Crippen molar-refractivity contribution in [2.45, 2.75) is 39.5 Å². The molecule has 0 saturated heterocycles. The summed E-state index contributed by atoms with van der Waals surface area (Å²) in [7, 11) is 1.66. The van der Waals surface area contributed by atoms with Crippen molar-refractivity contribution in [1.29, 1.82) is 0 Å². The smallest absolute Gasteiger partial charge is 0.118 e. The van der Waals surface area contributed by atoms with Gasteiger partial charge in [0, 0.05) is 0 Å². The molecule has 0 atom stereocenters. The lowest BCUT2D eigenvalue weighted by atomic mass is 10.1. The fraction of sp³-hybridized carbons (Fsp3) is 0.389. The van der Waals surface area contributed by atoms with Crippen LogP contribution in [0.25, 0.3) is 6.08 Å². The molecule has 0 bridgehead atoms. The second-order valence-electron chi connectivity index (χ2n) is 4.96. The van der Waals surface area contributed by atoms with Crippen molar-refractivity contribution < 1.29 is 9.94 Å². The van der Waals surface area contributed by atoms with E-state index in [0.717, 1.165) is 36.1 Å². The normalized spacial score (nSPS) is 14.6. The molecule has 2 rings (SSSR count). The van der Waals surface area contributed by atoms with Crippen molar-refractivity contribution >= 4 is 12.3 Å². The minimum absolute atomic E-state index is 0.861. The van der Waals surface area contributed by atoms with Crippen LogP contribution >= 0.6 is 0 Å². The van der Waals surface area contributed by atoms with Crippen LogP contribution in [0.15, 0.2) is 46.6 Å². The summed E-state index contributed by atoms with van der Waals surface area (Å²) in [6.07, 6.45) is 10.1. The summed E-state index contributed by atoms with van der Waals surface area (Å²) in [5, 5.41) is 11.7. The third-order valence-electron chi connectivity index (χ3n) is 3.11. The lowest BCUT2D eigenvalue weighted by molar-refractivity contribution is 0.321. The average molecular weight is 287 g/mol. The van der Waals surface area contributed by atoms with E-state index in [1.54, 1.807) is 13.3 Å². The first-order valence-corrected chi connectivity index (χ1v) is 7.46. The summed E-state index contributed by atoms with van der Waals surface area (Å²) in [6, 6.07) is 7.92. The Labute approximate surface area is 127 Å². The zero-order chi connectivity index (χ0) is 15.5. The lowest BCUT2D eigenvalue weighted by Crippen LogP contribution is -1.83. The number of rotatable bonds is 4. The summed E-state index contributed by atoms with van der Waals surface area (Å²) in [6.45, 7) is 4.25. The average Bonchev–Trinajstić information content (AvgIpc) is 2.94. The molecule has 3 nitrogen and oxygen atoms in total. The molecule has 3 heteroatoms. The highest BCUT2D eigenvalue weighted by Gasteiger charge is 2.10. The molecule has 0 fully saturated rings. The van der Waals surface area contributed by atoms with E-state index in [-0.39, 0.29) is 0 Å². The zero-order valence-corrected chi connectivity index (χ0v) is 13.2. The van der Waals surface area contributed by atoms with Crippen LogP contribution in [0.3, 0.4) is 0 Å². The third-order valence-corrected chi connectivity index (χ3v) is 3.11. The molecule has 0 saturated carbocycles. The van der Waals surface area contributed by atoms with Crippen molar-refractivity contribution in [3.8, 4) is 5.75 Å². The van der Waals surface area contributed by atoms with Crippen LogP contribution in [0.4, 0.5) is 0 Å². The van der Waals surface area contributed by atoms with Gasteiger partial charge in [-0.25, -0.2) is 0 Å². The minimum Gasteiger partial charge on any atom is -0.497 e. The number of hydrogen-bond acceptors (Lipinski definition) is 3. The van der Waals surface area contributed by atoms with E-state index in [1.807, 2.05) is 24.3 Å². The molecular formula is C18H25NO2. The van der Waals surface area contributed by atoms with Crippen LogP contribution in [0.2, 0.25) is 0 Å². The predicted molar refractivity (Wildman–Crippen MR) is 89.1 cm³/mol. The Hall–Kier alpha value is -2.03. The molecule has 21 heavy (non-hydrogen) atoms. The maximum atomic E-state index is 8.58. The van der Waals surface area contributed by atoms with Crippen molar-refractivity contribution in [2.24, 2.45) is 5.16 Å². The molecule has 0 amide bonds. The van der Waals surface area contributed by atoms with E-state index in [4.69, 9.17) is 9.94 Å². The van der Waals surface area contributed by atoms with Gasteiger partial charge in [0.1, 0.15) is 5.75 Å². The van der Waals surface area contributed by atoms with Crippen LogP contribution in [0.1, 0.15) is 45.1 Å². The Morgan fingerprint density at radius 2 is 1.71 bits per heavy atom. The van der Waals surface area contributed by atoms with Gasteiger partial charge < -0.3 is 9.94 Å². The number of oxime groups is 1. The number of ether oxygens (including phenoxy) is 1. The Morgan fingerprint density at radius 3 is 2.29 bits per heavy atom. The monoisotopic (exact) mass is 287 g/mol. The van der Waals surface area contributed by atoms with E-state index < -0.39 is 0 Å². The number of hydrogen-bond donors (Lipinski definition) is 1. The van der Waals surface area contributed by atoms with Gasteiger partial charge in [-0.15, -0.1) is 0 Å². The molecule has 0 radical (unpaired) electrons. The first-order chi connectivity index (χ1) is 10.2. The van der Waals surface area contributed by atoms with Gasteiger partial charge in [-0.3, -0.25) is 0 Å². The molecule has 0 spiro atoms. The van der Waals surface area contributed by atoms with Gasteiger partial charge >= 0.3 is 0 Å². The van der Waals surface area contributed by atoms with Crippen LogP contribution in [0, 0.1) is 0 Å². The highest BCUT2D eigenvalue weighted by molar-refractivity contribution is 5.81. The highest BCUT2D eigenvalue weighted by atomic mass is 16.5. The Kier molecular flexibility index (Phi) is 7.95. The molecule has 1 N–H and O–H groups in total. The maximum Gasteiger partial charge on any atom is 0.118 e. The fourth-order valence-electron chi connectivity index (χ4n) is 2.11. The molecule has 1 aliphatic carbocycles. The van der Waals surface area contributed by atoms with Crippen molar-refractivity contribution in [3.63, 3.8) is 0 Å². The first-order valence-electron chi connectivity index (χ1n) is 7.46. The minimum atomic E-state index is 0.861.